The third-order valence-corrected chi connectivity index (χ3v) is 5.28. The molecule has 0 N–H and O–H groups in total. The van der Waals surface area contributed by atoms with Crippen LogP contribution in [-0.2, 0) is 9.63 Å². The van der Waals surface area contributed by atoms with E-state index in [0.29, 0.717) is 0 Å². The molecule has 0 saturated heterocycles. The average Bonchev–Trinajstić information content (AvgIpc) is 1.98. The standard InChI is InChI=1S/C8H14F4O3S/c9-6-1-3-7(4-2-6)16(13,14,15)5-8(10,11)12/h6-7H,1-5H2,(H2,13,14,15)/p-2. The summed E-state index contributed by atoms with van der Waals surface area (Å²) in [4.78, 5) is 0. The molecule has 0 radical (unpaired) electrons. The van der Waals surface area contributed by atoms with Crippen molar-refractivity contribution < 1.29 is 30.9 Å². The molecule has 1 rings (SSSR count). The lowest BCUT2D eigenvalue weighted by Gasteiger charge is -2.62. The minimum absolute atomic E-state index is 0.165. The largest absolute Gasteiger partial charge is 0.798 e. The van der Waals surface area contributed by atoms with Gasteiger partial charge < -0.3 is 13.3 Å². The number of hydrogen-bond donors (Lipinski definition) is 0. The number of rotatable bonds is 2. The summed E-state index contributed by atoms with van der Waals surface area (Å²) >= 11 is 0. The lowest BCUT2D eigenvalue weighted by molar-refractivity contribution is -0.109. The Bertz CT molecular complexity index is 314. The van der Waals surface area contributed by atoms with Crippen molar-refractivity contribution in [2.45, 2.75) is 43.3 Å². The van der Waals surface area contributed by atoms with Gasteiger partial charge in [-0.1, -0.05) is 0 Å². The molecule has 0 atom stereocenters. The molecule has 98 valence electrons. The van der Waals surface area contributed by atoms with Crippen molar-refractivity contribution in [3.63, 3.8) is 0 Å². The van der Waals surface area contributed by atoms with Crippen LogP contribution < -0.4 is 0 Å². The van der Waals surface area contributed by atoms with E-state index in [0.717, 1.165) is 0 Å². The second-order valence-electron chi connectivity index (χ2n) is 4.15. The van der Waals surface area contributed by atoms with Crippen molar-refractivity contribution in [3.05, 3.63) is 0 Å². The zero-order valence-electron chi connectivity index (χ0n) is 8.34. The van der Waals surface area contributed by atoms with Gasteiger partial charge in [0.05, 0.1) is 5.75 Å². The van der Waals surface area contributed by atoms with Crippen LogP contribution in [0, 0.1) is 0 Å². The molecule has 1 fully saturated rings. The van der Waals surface area contributed by atoms with Gasteiger partial charge in [-0.25, -0.2) is 14.0 Å². The van der Waals surface area contributed by atoms with Gasteiger partial charge in [-0.05, 0) is 30.9 Å². The molecule has 0 heterocycles. The van der Waals surface area contributed by atoms with E-state index in [1.54, 1.807) is 0 Å². The monoisotopic (exact) mass is 264 g/mol. The van der Waals surface area contributed by atoms with Gasteiger partial charge in [0.2, 0.25) is 0 Å². The van der Waals surface area contributed by atoms with Crippen molar-refractivity contribution in [1.29, 1.82) is 0 Å². The second-order valence-corrected chi connectivity index (χ2v) is 7.13. The topological polar surface area (TPSA) is 63.2 Å². The average molecular weight is 264 g/mol. The van der Waals surface area contributed by atoms with Crippen LogP contribution >= 0.6 is 0 Å². The SMILES string of the molecule is O=S([O-])([O-])(CC(F)(F)F)C1CCC(F)CC1. The lowest BCUT2D eigenvalue weighted by Crippen LogP contribution is -2.52. The maximum absolute atomic E-state index is 12.7. The molecule has 1 aliphatic carbocycles. The van der Waals surface area contributed by atoms with Crippen molar-refractivity contribution in [3.8, 4) is 0 Å². The van der Waals surface area contributed by atoms with Crippen molar-refractivity contribution in [1.82, 2.24) is 0 Å². The van der Waals surface area contributed by atoms with Crippen LogP contribution in [0.15, 0.2) is 0 Å². The molecular formula is C8H12F4O3S-2. The highest BCUT2D eigenvalue weighted by Crippen LogP contribution is 2.39. The van der Waals surface area contributed by atoms with Gasteiger partial charge in [-0.15, -0.1) is 0 Å². The number of halogens is 4. The van der Waals surface area contributed by atoms with E-state index in [-0.39, 0.29) is 25.7 Å². The Balaban J connectivity index is 2.79. The molecule has 3 nitrogen and oxygen atoms in total. The second kappa shape index (κ2) is 3.92. The highest BCUT2D eigenvalue weighted by atomic mass is 32.3. The van der Waals surface area contributed by atoms with Crippen LogP contribution in [0.5, 0.6) is 0 Å². The van der Waals surface area contributed by atoms with Gasteiger partial charge in [0.1, 0.15) is 6.17 Å². The van der Waals surface area contributed by atoms with Crippen LogP contribution in [0.4, 0.5) is 17.6 Å². The third kappa shape index (κ3) is 3.67. The van der Waals surface area contributed by atoms with Crippen molar-refractivity contribution in [2.75, 3.05) is 5.75 Å². The molecule has 0 spiro atoms. The van der Waals surface area contributed by atoms with Gasteiger partial charge in [-0.2, -0.15) is 13.2 Å². The fourth-order valence-corrected chi connectivity index (χ4v) is 3.90. The van der Waals surface area contributed by atoms with E-state index in [1.807, 2.05) is 0 Å². The molecule has 0 bridgehead atoms. The summed E-state index contributed by atoms with van der Waals surface area (Å²) in [5.41, 5.74) is 0. The Morgan fingerprint density at radius 1 is 1.12 bits per heavy atom. The molecule has 0 aliphatic heterocycles. The molecule has 1 saturated carbocycles. The molecule has 0 amide bonds. The van der Waals surface area contributed by atoms with Gasteiger partial charge in [0.25, 0.3) is 0 Å². The molecule has 1 aliphatic rings. The molecule has 16 heavy (non-hydrogen) atoms. The Morgan fingerprint density at radius 3 is 1.94 bits per heavy atom. The smallest absolute Gasteiger partial charge is 0.396 e. The summed E-state index contributed by atoms with van der Waals surface area (Å²) in [7, 11) is -6.22. The summed E-state index contributed by atoms with van der Waals surface area (Å²) in [5, 5.41) is -1.61. The summed E-state index contributed by atoms with van der Waals surface area (Å²) in [5.74, 6) is -2.36. The zero-order chi connectivity index (χ0) is 12.6. The van der Waals surface area contributed by atoms with E-state index in [2.05, 4.69) is 0 Å². The van der Waals surface area contributed by atoms with Crippen LogP contribution in [0.3, 0.4) is 0 Å². The van der Waals surface area contributed by atoms with Gasteiger partial charge in [0.15, 0.2) is 0 Å². The van der Waals surface area contributed by atoms with E-state index >= 15 is 0 Å². The summed E-state index contributed by atoms with van der Waals surface area (Å²) in [6.45, 7) is 0. The Labute approximate surface area is 90.3 Å². The first-order valence-corrected chi connectivity index (χ1v) is 6.84. The third-order valence-electron chi connectivity index (χ3n) is 2.67. The minimum atomic E-state index is -6.22. The highest BCUT2D eigenvalue weighted by molar-refractivity contribution is 8.10. The Kier molecular flexibility index (Phi) is 3.39. The first-order valence-electron chi connectivity index (χ1n) is 4.80. The Morgan fingerprint density at radius 2 is 1.56 bits per heavy atom. The molecule has 0 aromatic rings. The van der Waals surface area contributed by atoms with Crippen LogP contribution in [0.2, 0.25) is 0 Å². The predicted molar refractivity (Wildman–Crippen MR) is 47.8 cm³/mol. The first-order chi connectivity index (χ1) is 6.98. The quantitative estimate of drug-likeness (QED) is 0.716. The van der Waals surface area contributed by atoms with Crippen LogP contribution in [0.1, 0.15) is 25.7 Å². The maximum Gasteiger partial charge on any atom is 0.396 e. The minimum Gasteiger partial charge on any atom is -0.798 e. The lowest BCUT2D eigenvalue weighted by atomic mass is 9.98. The van der Waals surface area contributed by atoms with E-state index in [9.17, 15) is 30.9 Å². The summed E-state index contributed by atoms with van der Waals surface area (Å²) in [6, 6.07) is 0. The normalized spacial score (nSPS) is 30.8. The number of hydrogen-bond acceptors (Lipinski definition) is 3. The first kappa shape index (κ1) is 13.9. The van der Waals surface area contributed by atoms with Gasteiger partial charge in [-0.3, -0.25) is 0 Å². The Hall–Kier alpha value is -0.210. The highest BCUT2D eigenvalue weighted by Gasteiger charge is 2.39. The van der Waals surface area contributed by atoms with Crippen molar-refractivity contribution in [2.24, 2.45) is 0 Å². The summed E-state index contributed by atoms with van der Waals surface area (Å²) < 4.78 is 82.6. The van der Waals surface area contributed by atoms with Crippen LogP contribution in [-0.4, -0.2) is 36.7 Å². The fraction of sp³-hybridized carbons (Fsp3) is 1.00. The summed E-state index contributed by atoms with van der Waals surface area (Å²) in [6.07, 6.45) is -7.24. The van der Waals surface area contributed by atoms with E-state index in [1.165, 1.54) is 0 Å². The van der Waals surface area contributed by atoms with Gasteiger partial charge in [0, 0.05) is 0 Å². The van der Waals surface area contributed by atoms with Gasteiger partial charge >= 0.3 is 6.18 Å². The molecule has 0 aromatic heterocycles. The number of sulfone groups is 3. The fourth-order valence-electron chi connectivity index (χ4n) is 1.89. The molecule has 8 heteroatoms. The molecule has 0 aromatic carbocycles. The maximum atomic E-state index is 12.7. The molecule has 0 unspecified atom stereocenters. The van der Waals surface area contributed by atoms with Crippen LogP contribution in [0.25, 0.3) is 0 Å². The van der Waals surface area contributed by atoms with E-state index < -0.39 is 33.0 Å². The predicted octanol–water partition coefficient (Wildman–Crippen LogP) is 1.91. The zero-order valence-corrected chi connectivity index (χ0v) is 9.15. The van der Waals surface area contributed by atoms with Crippen molar-refractivity contribution >= 4 is 9.63 Å². The molecular weight excluding hydrogens is 252 g/mol. The number of alkyl halides is 4. The van der Waals surface area contributed by atoms with E-state index in [4.69, 9.17) is 0 Å².